The second-order valence-corrected chi connectivity index (χ2v) is 4.72. The predicted octanol–water partition coefficient (Wildman–Crippen LogP) is 3.09. The topological polar surface area (TPSA) is 26.3 Å². The van der Waals surface area contributed by atoms with Gasteiger partial charge in [0.05, 0.1) is 10.4 Å². The quantitative estimate of drug-likeness (QED) is 0.617. The third kappa shape index (κ3) is 3.74. The molecule has 0 bridgehead atoms. The third-order valence-corrected chi connectivity index (χ3v) is 2.85. The summed E-state index contributed by atoms with van der Waals surface area (Å²) in [5.74, 6) is -0.299. The fraction of sp³-hybridized carbons (Fsp3) is 0.222. The van der Waals surface area contributed by atoms with Gasteiger partial charge in [0.15, 0.2) is 0 Å². The molecular weight excluding hydrogens is 252 g/mol. The zero-order valence-electron chi connectivity index (χ0n) is 7.12. The molecule has 0 N–H and O–H groups in total. The van der Waals surface area contributed by atoms with Gasteiger partial charge in [0, 0.05) is 11.0 Å². The number of hydrogen-bond donors (Lipinski definition) is 0. The van der Waals surface area contributed by atoms with Gasteiger partial charge in [-0.1, -0.05) is 0 Å². The van der Waals surface area contributed by atoms with E-state index >= 15 is 0 Å². The standard InChI is InChI=1S/C9H9BrO2S/c1-2-12-9(11)6-4-7-3-5-8(10)13-7/h3-6H,2H2,1H3/b6-4+. The molecule has 0 aliphatic heterocycles. The van der Waals surface area contributed by atoms with E-state index in [1.807, 2.05) is 12.1 Å². The molecule has 0 saturated carbocycles. The molecule has 1 aromatic rings. The molecule has 1 rings (SSSR count). The molecule has 0 aromatic carbocycles. The molecule has 70 valence electrons. The van der Waals surface area contributed by atoms with Gasteiger partial charge in [0.1, 0.15) is 0 Å². The van der Waals surface area contributed by atoms with Crippen molar-refractivity contribution in [3.05, 3.63) is 26.9 Å². The maximum atomic E-state index is 10.9. The lowest BCUT2D eigenvalue weighted by atomic mass is 10.4. The largest absolute Gasteiger partial charge is 0.463 e. The van der Waals surface area contributed by atoms with E-state index < -0.39 is 0 Å². The van der Waals surface area contributed by atoms with Crippen LogP contribution in [0.25, 0.3) is 6.08 Å². The Bertz CT molecular complexity index is 317. The molecule has 13 heavy (non-hydrogen) atoms. The summed E-state index contributed by atoms with van der Waals surface area (Å²) in [6, 6.07) is 3.87. The van der Waals surface area contributed by atoms with Crippen LogP contribution in [0.4, 0.5) is 0 Å². The summed E-state index contributed by atoms with van der Waals surface area (Å²) in [7, 11) is 0. The molecule has 0 atom stereocenters. The lowest BCUT2D eigenvalue weighted by Gasteiger charge is -1.93. The first-order valence-electron chi connectivity index (χ1n) is 3.82. The summed E-state index contributed by atoms with van der Waals surface area (Å²) in [4.78, 5) is 11.9. The zero-order chi connectivity index (χ0) is 9.68. The minimum absolute atomic E-state index is 0.299. The molecule has 0 amide bonds. The molecule has 0 aliphatic carbocycles. The second kappa shape index (κ2) is 5.19. The summed E-state index contributed by atoms with van der Waals surface area (Å²) >= 11 is 4.91. The van der Waals surface area contributed by atoms with Crippen LogP contribution in [0.3, 0.4) is 0 Å². The van der Waals surface area contributed by atoms with E-state index in [-0.39, 0.29) is 5.97 Å². The summed E-state index contributed by atoms with van der Waals surface area (Å²) in [5, 5.41) is 0. The van der Waals surface area contributed by atoms with Gasteiger partial charge in [-0.3, -0.25) is 0 Å². The van der Waals surface area contributed by atoms with Gasteiger partial charge in [-0.15, -0.1) is 11.3 Å². The number of ether oxygens (including phenoxy) is 1. The Labute approximate surface area is 89.3 Å². The molecule has 0 fully saturated rings. The Morgan fingerprint density at radius 2 is 2.46 bits per heavy atom. The maximum Gasteiger partial charge on any atom is 0.330 e. The van der Waals surface area contributed by atoms with Crippen molar-refractivity contribution in [3.63, 3.8) is 0 Å². The van der Waals surface area contributed by atoms with E-state index in [0.29, 0.717) is 6.61 Å². The molecule has 0 radical (unpaired) electrons. The lowest BCUT2D eigenvalue weighted by Crippen LogP contribution is -1.98. The van der Waals surface area contributed by atoms with E-state index in [9.17, 15) is 4.79 Å². The first kappa shape index (κ1) is 10.5. The van der Waals surface area contributed by atoms with Gasteiger partial charge in [-0.2, -0.15) is 0 Å². The molecule has 0 saturated heterocycles. The van der Waals surface area contributed by atoms with Crippen LogP contribution in [-0.4, -0.2) is 12.6 Å². The van der Waals surface area contributed by atoms with Crippen molar-refractivity contribution in [2.45, 2.75) is 6.92 Å². The fourth-order valence-electron chi connectivity index (χ4n) is 0.758. The van der Waals surface area contributed by atoms with Gasteiger partial charge in [-0.25, -0.2) is 4.79 Å². The van der Waals surface area contributed by atoms with Crippen molar-refractivity contribution >= 4 is 39.3 Å². The highest BCUT2D eigenvalue weighted by molar-refractivity contribution is 9.11. The van der Waals surface area contributed by atoms with Crippen LogP contribution < -0.4 is 0 Å². The lowest BCUT2D eigenvalue weighted by molar-refractivity contribution is -0.137. The molecule has 1 aromatic heterocycles. The average Bonchev–Trinajstić information content (AvgIpc) is 2.49. The third-order valence-electron chi connectivity index (χ3n) is 1.26. The van der Waals surface area contributed by atoms with Gasteiger partial charge >= 0.3 is 5.97 Å². The molecule has 4 heteroatoms. The minimum atomic E-state index is -0.299. The number of hydrogen-bond acceptors (Lipinski definition) is 3. The van der Waals surface area contributed by atoms with Crippen LogP contribution in [0.5, 0.6) is 0 Å². The first-order valence-corrected chi connectivity index (χ1v) is 5.43. The summed E-state index contributed by atoms with van der Waals surface area (Å²) in [6.45, 7) is 2.20. The number of thiophene rings is 1. The highest BCUT2D eigenvalue weighted by Crippen LogP contribution is 2.22. The van der Waals surface area contributed by atoms with Gasteiger partial charge in [0.2, 0.25) is 0 Å². The van der Waals surface area contributed by atoms with Crippen LogP contribution in [0.1, 0.15) is 11.8 Å². The monoisotopic (exact) mass is 260 g/mol. The smallest absolute Gasteiger partial charge is 0.330 e. The average molecular weight is 261 g/mol. The van der Waals surface area contributed by atoms with Crippen molar-refractivity contribution in [3.8, 4) is 0 Å². The number of halogens is 1. The number of esters is 1. The van der Waals surface area contributed by atoms with Crippen molar-refractivity contribution in [1.82, 2.24) is 0 Å². The van der Waals surface area contributed by atoms with Gasteiger partial charge < -0.3 is 4.74 Å². The summed E-state index contributed by atoms with van der Waals surface area (Å²) < 4.78 is 5.79. The maximum absolute atomic E-state index is 10.9. The highest BCUT2D eigenvalue weighted by Gasteiger charge is 1.95. The van der Waals surface area contributed by atoms with E-state index in [1.165, 1.54) is 6.08 Å². The van der Waals surface area contributed by atoms with Crippen molar-refractivity contribution in [1.29, 1.82) is 0 Å². The fourth-order valence-corrected chi connectivity index (χ4v) is 2.08. The first-order chi connectivity index (χ1) is 6.22. The Balaban J connectivity index is 2.53. The van der Waals surface area contributed by atoms with Crippen LogP contribution in [-0.2, 0) is 9.53 Å². The number of rotatable bonds is 3. The van der Waals surface area contributed by atoms with Crippen molar-refractivity contribution in [2.75, 3.05) is 6.61 Å². The summed E-state index contributed by atoms with van der Waals surface area (Å²) in [6.07, 6.45) is 3.18. The molecule has 1 heterocycles. The summed E-state index contributed by atoms with van der Waals surface area (Å²) in [5.41, 5.74) is 0. The molecular formula is C9H9BrO2S. The van der Waals surface area contributed by atoms with Crippen molar-refractivity contribution in [2.24, 2.45) is 0 Å². The second-order valence-electron chi connectivity index (χ2n) is 2.23. The normalized spacial score (nSPS) is 10.6. The van der Waals surface area contributed by atoms with Gasteiger partial charge in [0.25, 0.3) is 0 Å². The Kier molecular flexibility index (Phi) is 4.18. The van der Waals surface area contributed by atoms with Crippen LogP contribution in [0.15, 0.2) is 22.0 Å². The SMILES string of the molecule is CCOC(=O)/C=C/c1ccc(Br)s1. The molecule has 0 aliphatic rings. The minimum Gasteiger partial charge on any atom is -0.463 e. The van der Waals surface area contributed by atoms with E-state index in [0.717, 1.165) is 8.66 Å². The molecule has 2 nitrogen and oxygen atoms in total. The Morgan fingerprint density at radius 1 is 1.69 bits per heavy atom. The zero-order valence-corrected chi connectivity index (χ0v) is 9.52. The number of carbonyl (C=O) groups is 1. The molecule has 0 spiro atoms. The highest BCUT2D eigenvalue weighted by atomic mass is 79.9. The molecule has 0 unspecified atom stereocenters. The predicted molar refractivity (Wildman–Crippen MR) is 57.7 cm³/mol. The van der Waals surface area contributed by atoms with Gasteiger partial charge in [-0.05, 0) is 41.1 Å². The van der Waals surface area contributed by atoms with Crippen LogP contribution in [0, 0.1) is 0 Å². The Morgan fingerprint density at radius 3 is 3.00 bits per heavy atom. The Hall–Kier alpha value is -0.610. The van der Waals surface area contributed by atoms with Crippen LogP contribution >= 0.6 is 27.3 Å². The van der Waals surface area contributed by atoms with E-state index in [4.69, 9.17) is 4.74 Å². The number of carbonyl (C=O) groups excluding carboxylic acids is 1. The van der Waals surface area contributed by atoms with E-state index in [1.54, 1.807) is 24.3 Å². The van der Waals surface area contributed by atoms with Crippen LogP contribution in [0.2, 0.25) is 0 Å². The van der Waals surface area contributed by atoms with E-state index in [2.05, 4.69) is 15.9 Å². The van der Waals surface area contributed by atoms with Crippen molar-refractivity contribution < 1.29 is 9.53 Å².